The molecule has 2 rings (SSSR count). The molecule has 1 aromatic heterocycles. The van der Waals surface area contributed by atoms with Crippen LogP contribution in [0, 0.1) is 31.0 Å². The van der Waals surface area contributed by atoms with Gasteiger partial charge in [-0.25, -0.2) is 4.39 Å². The predicted octanol–water partition coefficient (Wildman–Crippen LogP) is 2.77. The largest absolute Gasteiger partial charge is 0.456 e. The number of hydrogen-bond acceptors (Lipinski definition) is 5. The van der Waals surface area contributed by atoms with Gasteiger partial charge in [0.2, 0.25) is 0 Å². The lowest BCUT2D eigenvalue weighted by Crippen LogP contribution is -2.22. The van der Waals surface area contributed by atoms with Gasteiger partial charge in [-0.2, -0.15) is 5.26 Å². The predicted molar refractivity (Wildman–Crippen MR) is 101 cm³/mol. The van der Waals surface area contributed by atoms with Crippen molar-refractivity contribution in [3.63, 3.8) is 0 Å². The van der Waals surface area contributed by atoms with Crippen LogP contribution in [0.3, 0.4) is 0 Å². The summed E-state index contributed by atoms with van der Waals surface area (Å²) in [5, 5.41) is 11.5. The van der Waals surface area contributed by atoms with Crippen molar-refractivity contribution in [2.24, 2.45) is 0 Å². The summed E-state index contributed by atoms with van der Waals surface area (Å²) in [7, 11) is 0. The molecule has 0 aliphatic heterocycles. The summed E-state index contributed by atoms with van der Waals surface area (Å²) in [4.78, 5) is 38.0. The van der Waals surface area contributed by atoms with Crippen LogP contribution in [0.1, 0.15) is 28.8 Å². The zero-order valence-electron chi connectivity index (χ0n) is 15.2. The molecule has 7 nitrogen and oxygen atoms in total. The number of nitriles is 1. The number of anilines is 1. The molecule has 9 heteroatoms. The zero-order chi connectivity index (χ0) is 20.8. The SMILES string of the molecule is Cc1[nH]c(=O)c(C#N)c(C)c1CCC(=O)OCC(=O)Nc1ccc(Cl)cc1F. The number of hydrogen-bond donors (Lipinski definition) is 2. The lowest BCUT2D eigenvalue weighted by molar-refractivity contribution is -0.147. The Kier molecular flexibility index (Phi) is 6.90. The third kappa shape index (κ3) is 5.18. The number of esters is 1. The maximum atomic E-state index is 13.6. The van der Waals surface area contributed by atoms with Gasteiger partial charge < -0.3 is 15.0 Å². The second kappa shape index (κ2) is 9.15. The summed E-state index contributed by atoms with van der Waals surface area (Å²) in [5.41, 5.74) is 1.18. The fourth-order valence-corrected chi connectivity index (χ4v) is 2.80. The van der Waals surface area contributed by atoms with Crippen LogP contribution in [-0.4, -0.2) is 23.5 Å². The van der Waals surface area contributed by atoms with Crippen molar-refractivity contribution >= 4 is 29.2 Å². The van der Waals surface area contributed by atoms with E-state index >= 15 is 0 Å². The number of H-pyrrole nitrogens is 1. The van der Waals surface area contributed by atoms with Crippen LogP contribution in [0.4, 0.5) is 10.1 Å². The monoisotopic (exact) mass is 405 g/mol. The van der Waals surface area contributed by atoms with Crippen molar-refractivity contribution in [1.29, 1.82) is 5.26 Å². The van der Waals surface area contributed by atoms with Crippen LogP contribution >= 0.6 is 11.6 Å². The van der Waals surface area contributed by atoms with E-state index in [1.165, 1.54) is 12.1 Å². The molecule has 0 saturated carbocycles. The normalized spacial score (nSPS) is 10.2. The van der Waals surface area contributed by atoms with Crippen LogP contribution in [-0.2, 0) is 20.7 Å². The minimum Gasteiger partial charge on any atom is -0.456 e. The molecule has 1 aromatic carbocycles. The van der Waals surface area contributed by atoms with Gasteiger partial charge in [-0.3, -0.25) is 14.4 Å². The Bertz CT molecular complexity index is 1030. The maximum Gasteiger partial charge on any atom is 0.306 e. The Labute approximate surface area is 165 Å². The lowest BCUT2D eigenvalue weighted by Gasteiger charge is -2.11. The average Bonchev–Trinajstić information content (AvgIpc) is 2.62. The van der Waals surface area contributed by atoms with Gasteiger partial charge in [0.1, 0.15) is 17.4 Å². The van der Waals surface area contributed by atoms with Crippen LogP contribution in [0.15, 0.2) is 23.0 Å². The Balaban J connectivity index is 1.91. The van der Waals surface area contributed by atoms with E-state index in [0.717, 1.165) is 6.07 Å². The number of carbonyl (C=O) groups is 2. The Morgan fingerprint density at radius 2 is 2.07 bits per heavy atom. The van der Waals surface area contributed by atoms with Gasteiger partial charge in [-0.05, 0) is 49.6 Å². The molecule has 0 fully saturated rings. The number of rotatable bonds is 6. The highest BCUT2D eigenvalue weighted by Gasteiger charge is 2.15. The molecule has 146 valence electrons. The zero-order valence-corrected chi connectivity index (χ0v) is 15.9. The fraction of sp³-hybridized carbons (Fsp3) is 0.263. The third-order valence-corrected chi connectivity index (χ3v) is 4.30. The molecule has 0 aliphatic carbocycles. The van der Waals surface area contributed by atoms with E-state index in [1.807, 2.05) is 6.07 Å². The van der Waals surface area contributed by atoms with Gasteiger partial charge >= 0.3 is 5.97 Å². The van der Waals surface area contributed by atoms with Crippen LogP contribution in [0.2, 0.25) is 5.02 Å². The first kappa shape index (κ1) is 21.1. The summed E-state index contributed by atoms with van der Waals surface area (Å²) < 4.78 is 18.5. The minimum atomic E-state index is -0.704. The molecule has 1 amide bonds. The van der Waals surface area contributed by atoms with Gasteiger partial charge in [-0.1, -0.05) is 11.6 Å². The summed E-state index contributed by atoms with van der Waals surface area (Å²) in [6.45, 7) is 2.73. The number of pyridine rings is 1. The number of ether oxygens (including phenoxy) is 1. The van der Waals surface area contributed by atoms with Crippen molar-refractivity contribution in [3.05, 3.63) is 61.8 Å². The summed E-state index contributed by atoms with van der Waals surface area (Å²) in [6, 6.07) is 5.60. The Morgan fingerprint density at radius 1 is 1.36 bits per heavy atom. The molecule has 0 radical (unpaired) electrons. The summed E-state index contributed by atoms with van der Waals surface area (Å²) >= 11 is 5.63. The van der Waals surface area contributed by atoms with Gasteiger partial charge in [0.15, 0.2) is 6.61 Å². The van der Waals surface area contributed by atoms with Gasteiger partial charge in [0.25, 0.3) is 11.5 Å². The molecule has 2 aromatic rings. The van der Waals surface area contributed by atoms with E-state index < -0.39 is 29.9 Å². The smallest absolute Gasteiger partial charge is 0.306 e. The molecule has 0 saturated heterocycles. The molecule has 28 heavy (non-hydrogen) atoms. The van der Waals surface area contributed by atoms with Crippen molar-refractivity contribution < 1.29 is 18.7 Å². The molecule has 0 atom stereocenters. The van der Waals surface area contributed by atoms with Crippen LogP contribution in [0.5, 0.6) is 0 Å². The quantitative estimate of drug-likeness (QED) is 0.717. The van der Waals surface area contributed by atoms with E-state index in [1.54, 1.807) is 13.8 Å². The number of carbonyl (C=O) groups excluding carboxylic acids is 2. The average molecular weight is 406 g/mol. The minimum absolute atomic E-state index is 0.00154. The highest BCUT2D eigenvalue weighted by Crippen LogP contribution is 2.19. The van der Waals surface area contributed by atoms with Crippen molar-refractivity contribution in [3.8, 4) is 6.07 Å². The van der Waals surface area contributed by atoms with E-state index in [-0.39, 0.29) is 29.1 Å². The number of aromatic nitrogens is 1. The van der Waals surface area contributed by atoms with E-state index in [0.29, 0.717) is 16.8 Å². The summed E-state index contributed by atoms with van der Waals surface area (Å²) in [6.07, 6.45) is 0.177. The molecule has 0 spiro atoms. The number of nitrogens with zero attached hydrogens (tertiary/aromatic N) is 1. The highest BCUT2D eigenvalue weighted by molar-refractivity contribution is 6.30. The first-order valence-corrected chi connectivity index (χ1v) is 8.63. The molecule has 0 unspecified atom stereocenters. The number of halogens is 2. The second-order valence-corrected chi connectivity index (χ2v) is 6.44. The number of nitrogens with one attached hydrogen (secondary N) is 2. The second-order valence-electron chi connectivity index (χ2n) is 6.00. The third-order valence-electron chi connectivity index (χ3n) is 4.07. The number of benzene rings is 1. The maximum absolute atomic E-state index is 13.6. The lowest BCUT2D eigenvalue weighted by atomic mass is 9.99. The molecule has 2 N–H and O–H groups in total. The topological polar surface area (TPSA) is 112 Å². The van der Waals surface area contributed by atoms with Crippen molar-refractivity contribution in [2.75, 3.05) is 11.9 Å². The van der Waals surface area contributed by atoms with E-state index in [4.69, 9.17) is 21.6 Å². The van der Waals surface area contributed by atoms with E-state index in [9.17, 15) is 18.8 Å². The van der Waals surface area contributed by atoms with Gasteiger partial charge in [0, 0.05) is 17.1 Å². The molecule has 0 aliphatic rings. The van der Waals surface area contributed by atoms with E-state index in [2.05, 4.69) is 10.3 Å². The van der Waals surface area contributed by atoms with Crippen molar-refractivity contribution in [1.82, 2.24) is 4.98 Å². The van der Waals surface area contributed by atoms with Gasteiger partial charge in [0.05, 0.1) is 5.69 Å². The number of amides is 1. The number of aromatic amines is 1. The molecule has 1 heterocycles. The van der Waals surface area contributed by atoms with Crippen molar-refractivity contribution in [2.45, 2.75) is 26.7 Å². The highest BCUT2D eigenvalue weighted by atomic mass is 35.5. The molecular formula is C19H17ClFN3O4. The van der Waals surface area contributed by atoms with Crippen LogP contribution < -0.4 is 10.9 Å². The Morgan fingerprint density at radius 3 is 2.71 bits per heavy atom. The fourth-order valence-electron chi connectivity index (χ4n) is 2.64. The van der Waals surface area contributed by atoms with Crippen LogP contribution in [0.25, 0.3) is 0 Å². The first-order chi connectivity index (χ1) is 13.2. The van der Waals surface area contributed by atoms with Gasteiger partial charge in [-0.15, -0.1) is 0 Å². The molecular weight excluding hydrogens is 389 g/mol. The Hall–Kier alpha value is -3.18. The summed E-state index contributed by atoms with van der Waals surface area (Å²) in [5.74, 6) is -2.04. The first-order valence-electron chi connectivity index (χ1n) is 8.26. The number of aryl methyl sites for hydroxylation is 1. The standard InChI is InChI=1S/C19H17ClFN3O4/c1-10-13(11(2)23-19(27)14(10)8-22)4-6-18(26)28-9-17(25)24-16-5-3-12(20)7-15(16)21/h3,5,7H,4,6,9H2,1-2H3,(H,23,27)(H,24,25). The molecule has 0 bridgehead atoms.